The molecule has 1 aromatic carbocycles. The van der Waals surface area contributed by atoms with E-state index in [0.717, 1.165) is 0 Å². The van der Waals surface area contributed by atoms with Crippen molar-refractivity contribution in [2.45, 2.75) is 13.3 Å². The minimum Gasteiger partial charge on any atom is -0.192 e. The molecule has 4 heteroatoms. The van der Waals surface area contributed by atoms with E-state index >= 15 is 0 Å². The molecule has 0 bridgehead atoms. The Hall–Kier alpha value is -3.08. The lowest BCUT2D eigenvalue weighted by atomic mass is 9.87. The van der Waals surface area contributed by atoms with E-state index in [1.165, 1.54) is 6.08 Å². The molecule has 1 aromatic rings. The predicted molar refractivity (Wildman–Crippen MR) is 64.8 cm³/mol. The van der Waals surface area contributed by atoms with E-state index < -0.39 is 0 Å². The molecule has 0 saturated heterocycles. The molecule has 0 atom stereocenters. The summed E-state index contributed by atoms with van der Waals surface area (Å²) < 4.78 is 0. The van der Waals surface area contributed by atoms with Gasteiger partial charge in [-0.25, -0.2) is 0 Å². The molecule has 84 valence electrons. The summed E-state index contributed by atoms with van der Waals surface area (Å²) in [6, 6.07) is 7.70. The van der Waals surface area contributed by atoms with Crippen LogP contribution in [-0.2, 0) is 6.42 Å². The van der Waals surface area contributed by atoms with Gasteiger partial charge in [0.25, 0.3) is 0 Å². The fourth-order valence-electron chi connectivity index (χ4n) is 1.86. The molecule has 0 aliphatic carbocycles. The molecule has 0 heterocycles. The third-order valence-electron chi connectivity index (χ3n) is 2.65. The Morgan fingerprint density at radius 3 is 1.50 bits per heavy atom. The summed E-state index contributed by atoms with van der Waals surface area (Å²) in [6.45, 7) is 5.30. The number of rotatable bonds is 2. The van der Waals surface area contributed by atoms with Crippen LogP contribution in [0.4, 0.5) is 0 Å². The monoisotopic (exact) mass is 232 g/mol. The maximum atomic E-state index is 9.14. The SMILES string of the molecule is C=Cc1c(C#N)c(C#N)c(CC)c(C#N)c1C#N. The van der Waals surface area contributed by atoms with Gasteiger partial charge in [-0.3, -0.25) is 0 Å². The smallest absolute Gasteiger partial charge is 0.101 e. The number of nitrogens with zero attached hydrogens (tertiary/aromatic N) is 4. The van der Waals surface area contributed by atoms with Gasteiger partial charge in [0.1, 0.15) is 24.3 Å². The minimum atomic E-state index is 0.111. The van der Waals surface area contributed by atoms with Crippen molar-refractivity contribution >= 4 is 6.08 Å². The number of nitriles is 4. The predicted octanol–water partition coefficient (Wildman–Crippen LogP) is 2.38. The topological polar surface area (TPSA) is 95.2 Å². The van der Waals surface area contributed by atoms with Crippen LogP contribution >= 0.6 is 0 Å². The first-order valence-corrected chi connectivity index (χ1v) is 5.15. The Morgan fingerprint density at radius 1 is 0.889 bits per heavy atom. The van der Waals surface area contributed by atoms with E-state index in [1.807, 2.05) is 24.3 Å². The van der Waals surface area contributed by atoms with Gasteiger partial charge in [-0.15, -0.1) is 0 Å². The fraction of sp³-hybridized carbons (Fsp3) is 0.143. The van der Waals surface area contributed by atoms with Crippen molar-refractivity contribution in [2.24, 2.45) is 0 Å². The highest BCUT2D eigenvalue weighted by Gasteiger charge is 2.21. The summed E-state index contributed by atoms with van der Waals surface area (Å²) >= 11 is 0. The largest absolute Gasteiger partial charge is 0.192 e. The van der Waals surface area contributed by atoms with Gasteiger partial charge >= 0.3 is 0 Å². The Kier molecular flexibility index (Phi) is 3.83. The Morgan fingerprint density at radius 2 is 1.28 bits per heavy atom. The van der Waals surface area contributed by atoms with Crippen molar-refractivity contribution in [1.82, 2.24) is 0 Å². The zero-order valence-electron chi connectivity index (χ0n) is 9.78. The highest BCUT2D eigenvalue weighted by molar-refractivity contribution is 5.74. The van der Waals surface area contributed by atoms with Gasteiger partial charge in [-0.2, -0.15) is 21.0 Å². The standard InChI is InChI=1S/C14H8N4/c1-3-9-11(5-15)13(7-17)10(4-2)14(8-18)12(9)6-16/h3H,1,4H2,2H3. The Labute approximate surface area is 105 Å². The van der Waals surface area contributed by atoms with Crippen LogP contribution in [0.15, 0.2) is 6.58 Å². The summed E-state index contributed by atoms with van der Waals surface area (Å²) in [6.07, 6.45) is 1.74. The van der Waals surface area contributed by atoms with E-state index in [2.05, 4.69) is 6.58 Å². The quantitative estimate of drug-likeness (QED) is 0.781. The van der Waals surface area contributed by atoms with Gasteiger partial charge in [-0.1, -0.05) is 19.6 Å². The van der Waals surface area contributed by atoms with Crippen molar-refractivity contribution in [3.05, 3.63) is 40.0 Å². The zero-order chi connectivity index (χ0) is 13.7. The number of benzene rings is 1. The van der Waals surface area contributed by atoms with Gasteiger partial charge < -0.3 is 0 Å². The molecule has 0 saturated carbocycles. The molecule has 0 aliphatic heterocycles. The number of hydrogen-bond donors (Lipinski definition) is 0. The van der Waals surface area contributed by atoms with E-state index in [-0.39, 0.29) is 27.8 Å². The summed E-state index contributed by atoms with van der Waals surface area (Å²) in [7, 11) is 0. The first-order chi connectivity index (χ1) is 8.69. The van der Waals surface area contributed by atoms with Crippen molar-refractivity contribution < 1.29 is 0 Å². The molecule has 0 radical (unpaired) electrons. The molecule has 4 nitrogen and oxygen atoms in total. The molecule has 0 N–H and O–H groups in total. The number of hydrogen-bond acceptors (Lipinski definition) is 4. The molecular weight excluding hydrogens is 224 g/mol. The molecule has 0 fully saturated rings. The molecule has 0 spiro atoms. The van der Waals surface area contributed by atoms with Gasteiger partial charge in [-0.05, 0) is 12.0 Å². The van der Waals surface area contributed by atoms with Gasteiger partial charge in [0.05, 0.1) is 22.3 Å². The van der Waals surface area contributed by atoms with Crippen LogP contribution in [0.3, 0.4) is 0 Å². The molecule has 1 rings (SSSR count). The summed E-state index contributed by atoms with van der Waals surface area (Å²) in [4.78, 5) is 0. The van der Waals surface area contributed by atoms with Crippen molar-refractivity contribution in [2.75, 3.05) is 0 Å². The Balaban J connectivity index is 4.09. The lowest BCUT2D eigenvalue weighted by Crippen LogP contribution is -2.04. The van der Waals surface area contributed by atoms with E-state index in [1.54, 1.807) is 6.92 Å². The maximum absolute atomic E-state index is 9.14. The van der Waals surface area contributed by atoms with Crippen molar-refractivity contribution in [1.29, 1.82) is 21.0 Å². The van der Waals surface area contributed by atoms with Crippen LogP contribution in [-0.4, -0.2) is 0 Å². The highest BCUT2D eigenvalue weighted by atomic mass is 14.3. The average Bonchev–Trinajstić information content (AvgIpc) is 2.43. The normalized spacial score (nSPS) is 8.50. The summed E-state index contributed by atoms with van der Waals surface area (Å²) in [5.74, 6) is 0. The van der Waals surface area contributed by atoms with Crippen LogP contribution in [0.2, 0.25) is 0 Å². The highest BCUT2D eigenvalue weighted by Crippen LogP contribution is 2.28. The third kappa shape index (κ3) is 1.69. The van der Waals surface area contributed by atoms with E-state index in [9.17, 15) is 0 Å². The minimum absolute atomic E-state index is 0.111. The second-order valence-electron chi connectivity index (χ2n) is 3.40. The second kappa shape index (κ2) is 5.31. The maximum Gasteiger partial charge on any atom is 0.101 e. The van der Waals surface area contributed by atoms with Crippen LogP contribution in [0.5, 0.6) is 0 Å². The van der Waals surface area contributed by atoms with Crippen LogP contribution < -0.4 is 0 Å². The van der Waals surface area contributed by atoms with Crippen LogP contribution in [0.1, 0.15) is 40.3 Å². The first kappa shape index (κ1) is 13.0. The van der Waals surface area contributed by atoms with Crippen LogP contribution in [0.25, 0.3) is 6.08 Å². The van der Waals surface area contributed by atoms with Crippen LogP contribution in [0, 0.1) is 45.3 Å². The first-order valence-electron chi connectivity index (χ1n) is 5.15. The molecule has 0 amide bonds. The summed E-state index contributed by atoms with van der Waals surface area (Å²) in [5, 5.41) is 36.5. The molecule has 18 heavy (non-hydrogen) atoms. The molecule has 0 aliphatic rings. The molecular formula is C14H8N4. The second-order valence-corrected chi connectivity index (χ2v) is 3.40. The van der Waals surface area contributed by atoms with Crippen molar-refractivity contribution in [3.63, 3.8) is 0 Å². The lowest BCUT2D eigenvalue weighted by Gasteiger charge is -2.11. The average molecular weight is 232 g/mol. The van der Waals surface area contributed by atoms with Gasteiger partial charge in [0.2, 0.25) is 0 Å². The zero-order valence-corrected chi connectivity index (χ0v) is 9.78. The van der Waals surface area contributed by atoms with E-state index in [0.29, 0.717) is 12.0 Å². The van der Waals surface area contributed by atoms with Crippen molar-refractivity contribution in [3.8, 4) is 24.3 Å². The fourth-order valence-corrected chi connectivity index (χ4v) is 1.86. The van der Waals surface area contributed by atoms with Gasteiger partial charge in [0, 0.05) is 5.56 Å². The Bertz CT molecular complexity index is 632. The summed E-state index contributed by atoms with van der Waals surface area (Å²) in [5.41, 5.74) is 1.24. The lowest BCUT2D eigenvalue weighted by molar-refractivity contribution is 1.10. The molecule has 0 aromatic heterocycles. The van der Waals surface area contributed by atoms with E-state index in [4.69, 9.17) is 21.0 Å². The third-order valence-corrected chi connectivity index (χ3v) is 2.65. The molecule has 0 unspecified atom stereocenters. The van der Waals surface area contributed by atoms with Gasteiger partial charge in [0.15, 0.2) is 0 Å².